The van der Waals surface area contributed by atoms with Gasteiger partial charge in [-0.1, -0.05) is 11.6 Å². The Labute approximate surface area is 145 Å². The molecule has 0 N–H and O–H groups in total. The highest BCUT2D eigenvalue weighted by molar-refractivity contribution is 6.64. The number of rotatable bonds is 5. The van der Waals surface area contributed by atoms with Crippen LogP contribution in [0.4, 0.5) is 13.2 Å². The molecule has 1 heterocycles. The van der Waals surface area contributed by atoms with Gasteiger partial charge in [-0.2, -0.15) is 13.2 Å². The fraction of sp³-hybridized carbons (Fsp3) is 0.333. The third kappa shape index (κ3) is 4.88. The zero-order valence-electron chi connectivity index (χ0n) is 12.4. The van der Waals surface area contributed by atoms with Crippen LogP contribution in [0.2, 0.25) is 5.02 Å². The Morgan fingerprint density at radius 1 is 1.29 bits per heavy atom. The van der Waals surface area contributed by atoms with Crippen LogP contribution in [0, 0.1) is 0 Å². The van der Waals surface area contributed by atoms with Gasteiger partial charge < -0.3 is 9.47 Å². The van der Waals surface area contributed by atoms with Gasteiger partial charge in [-0.15, -0.1) is 0 Å². The third-order valence-electron chi connectivity index (χ3n) is 3.08. The molecule has 0 fully saturated rings. The van der Waals surface area contributed by atoms with E-state index in [1.165, 1.54) is 6.92 Å². The number of alkyl halides is 3. The maximum absolute atomic E-state index is 12.6. The summed E-state index contributed by atoms with van der Waals surface area (Å²) in [6.45, 7) is 1.53. The molecular weight excluding hydrogens is 370 g/mol. The van der Waals surface area contributed by atoms with E-state index in [2.05, 4.69) is 4.98 Å². The van der Waals surface area contributed by atoms with Gasteiger partial charge in [-0.05, 0) is 36.7 Å². The summed E-state index contributed by atoms with van der Waals surface area (Å²) in [4.78, 5) is 14.5. The second kappa shape index (κ2) is 7.44. The van der Waals surface area contributed by atoms with Gasteiger partial charge in [0, 0.05) is 19.0 Å². The number of carbonyl (C=O) groups is 1. The van der Waals surface area contributed by atoms with E-state index < -0.39 is 23.1 Å². The third-order valence-corrected chi connectivity index (χ3v) is 3.66. The lowest BCUT2D eigenvalue weighted by atomic mass is 10.1. The van der Waals surface area contributed by atoms with Crippen LogP contribution in [-0.2, 0) is 15.7 Å². The first-order chi connectivity index (χ1) is 11.2. The quantitative estimate of drug-likeness (QED) is 0.683. The molecule has 1 aromatic rings. The van der Waals surface area contributed by atoms with Gasteiger partial charge in [-0.25, -0.2) is 4.98 Å². The van der Waals surface area contributed by atoms with Crippen molar-refractivity contribution in [3.05, 3.63) is 46.5 Å². The maximum atomic E-state index is 12.6. The Morgan fingerprint density at radius 3 is 2.42 bits per heavy atom. The number of hydrogen-bond donors (Lipinski definition) is 0. The summed E-state index contributed by atoms with van der Waals surface area (Å²) in [5.74, 6) is 0.898. The minimum Gasteiger partial charge on any atom is -0.486 e. The number of hydrogen-bond acceptors (Lipinski definition) is 4. The van der Waals surface area contributed by atoms with Gasteiger partial charge in [0.05, 0.1) is 11.3 Å². The van der Waals surface area contributed by atoms with Crippen LogP contribution in [0.5, 0.6) is 5.88 Å². The van der Waals surface area contributed by atoms with E-state index in [4.69, 9.17) is 32.7 Å². The molecule has 24 heavy (non-hydrogen) atoms. The van der Waals surface area contributed by atoms with Crippen LogP contribution >= 0.6 is 23.2 Å². The molecule has 0 unspecified atom stereocenters. The number of carbonyl (C=O) groups excluding carboxylic acids is 1. The summed E-state index contributed by atoms with van der Waals surface area (Å²) < 4.78 is 48.4. The predicted molar refractivity (Wildman–Crippen MR) is 81.7 cm³/mol. The van der Waals surface area contributed by atoms with Crippen LogP contribution in [0.1, 0.15) is 25.3 Å². The summed E-state index contributed by atoms with van der Waals surface area (Å²) in [5, 5.41) is -0.847. The van der Waals surface area contributed by atoms with Gasteiger partial charge in [0.15, 0.2) is 6.10 Å². The first-order valence-electron chi connectivity index (χ1n) is 6.83. The lowest BCUT2D eigenvalue weighted by molar-refractivity contribution is -0.137. The van der Waals surface area contributed by atoms with Gasteiger partial charge in [-0.3, -0.25) is 4.79 Å². The fourth-order valence-corrected chi connectivity index (χ4v) is 2.08. The van der Waals surface area contributed by atoms with Crippen molar-refractivity contribution >= 4 is 28.4 Å². The highest BCUT2D eigenvalue weighted by atomic mass is 35.5. The molecule has 1 aliphatic carbocycles. The molecular formula is C15H12Cl2F3NO3. The molecule has 0 saturated carbocycles. The standard InChI is InChI=1S/C15H12Cl2F3NO3/c1-8(13(17)22)23-10-2-4-11(5-3-10)24-14-12(16)6-9(7-21-14)15(18,19)20/h2,4,6-8H,3,5H2,1H3/t8-/m1/s1. The van der Waals surface area contributed by atoms with Gasteiger partial charge in [0.1, 0.15) is 10.8 Å². The van der Waals surface area contributed by atoms with E-state index in [-0.39, 0.29) is 10.9 Å². The Hall–Kier alpha value is -1.73. The van der Waals surface area contributed by atoms with Crippen LogP contribution in [-0.4, -0.2) is 16.3 Å². The van der Waals surface area contributed by atoms with E-state index in [1.807, 2.05) is 0 Å². The predicted octanol–water partition coefficient (Wildman–Crippen LogP) is 4.86. The molecule has 4 nitrogen and oxygen atoms in total. The summed E-state index contributed by atoms with van der Waals surface area (Å²) in [5.41, 5.74) is -0.951. The first kappa shape index (κ1) is 18.6. The maximum Gasteiger partial charge on any atom is 0.417 e. The average Bonchev–Trinajstić information content (AvgIpc) is 2.50. The van der Waals surface area contributed by atoms with Crippen molar-refractivity contribution in [3.63, 3.8) is 0 Å². The molecule has 2 rings (SSSR count). The zero-order chi connectivity index (χ0) is 17.9. The molecule has 1 aliphatic rings. The molecule has 0 bridgehead atoms. The van der Waals surface area contributed by atoms with E-state index in [9.17, 15) is 18.0 Å². The normalized spacial score (nSPS) is 16.1. The molecule has 9 heteroatoms. The first-order valence-corrected chi connectivity index (χ1v) is 7.58. The molecule has 0 aliphatic heterocycles. The van der Waals surface area contributed by atoms with Crippen molar-refractivity contribution in [2.45, 2.75) is 32.0 Å². The van der Waals surface area contributed by atoms with E-state index in [0.29, 0.717) is 30.6 Å². The Balaban J connectivity index is 2.06. The lowest BCUT2D eigenvalue weighted by Crippen LogP contribution is -2.16. The van der Waals surface area contributed by atoms with Crippen LogP contribution in [0.15, 0.2) is 35.9 Å². The second-order valence-corrected chi connectivity index (χ2v) is 5.72. The van der Waals surface area contributed by atoms with Crippen molar-refractivity contribution in [2.24, 2.45) is 0 Å². The number of ether oxygens (including phenoxy) is 2. The average molecular weight is 382 g/mol. The molecule has 0 spiro atoms. The topological polar surface area (TPSA) is 48.4 Å². The minimum atomic E-state index is -4.52. The van der Waals surface area contributed by atoms with Crippen LogP contribution in [0.3, 0.4) is 0 Å². The van der Waals surface area contributed by atoms with Gasteiger partial charge >= 0.3 is 6.18 Å². The monoisotopic (exact) mass is 381 g/mol. The molecule has 0 saturated heterocycles. The zero-order valence-corrected chi connectivity index (χ0v) is 13.9. The second-order valence-electron chi connectivity index (χ2n) is 4.94. The van der Waals surface area contributed by atoms with E-state index in [1.54, 1.807) is 12.2 Å². The van der Waals surface area contributed by atoms with Crippen molar-refractivity contribution < 1.29 is 27.4 Å². The highest BCUT2D eigenvalue weighted by Crippen LogP contribution is 2.34. The van der Waals surface area contributed by atoms with Crippen LogP contribution < -0.4 is 4.74 Å². The minimum absolute atomic E-state index is 0.113. The number of allylic oxidation sites excluding steroid dienone is 4. The number of pyridine rings is 1. The van der Waals surface area contributed by atoms with Crippen molar-refractivity contribution in [2.75, 3.05) is 0 Å². The molecule has 130 valence electrons. The SMILES string of the molecule is C[C@@H](OC1=CC=C(Oc2ncc(C(F)(F)F)cc2Cl)CC1)C(=O)Cl. The van der Waals surface area contributed by atoms with E-state index >= 15 is 0 Å². The molecule has 0 radical (unpaired) electrons. The molecule has 0 aromatic carbocycles. The van der Waals surface area contributed by atoms with Crippen molar-refractivity contribution in [1.29, 1.82) is 0 Å². The van der Waals surface area contributed by atoms with Crippen LogP contribution in [0.25, 0.3) is 0 Å². The van der Waals surface area contributed by atoms with Gasteiger partial charge in [0.2, 0.25) is 5.88 Å². The Kier molecular flexibility index (Phi) is 5.77. The van der Waals surface area contributed by atoms with Crippen molar-refractivity contribution in [3.8, 4) is 5.88 Å². The summed E-state index contributed by atoms with van der Waals surface area (Å²) in [6.07, 6.45) is -0.618. The smallest absolute Gasteiger partial charge is 0.417 e. The molecule has 1 aromatic heterocycles. The summed E-state index contributed by atoms with van der Waals surface area (Å²) >= 11 is 11.1. The van der Waals surface area contributed by atoms with E-state index in [0.717, 1.165) is 6.07 Å². The summed E-state index contributed by atoms with van der Waals surface area (Å²) in [6, 6.07) is 0.755. The molecule has 0 amide bonds. The fourth-order valence-electron chi connectivity index (χ4n) is 1.84. The Morgan fingerprint density at radius 2 is 1.92 bits per heavy atom. The summed E-state index contributed by atoms with van der Waals surface area (Å²) in [7, 11) is 0. The number of halogens is 5. The number of nitrogens with zero attached hydrogens (tertiary/aromatic N) is 1. The Bertz CT molecular complexity index is 702. The number of aromatic nitrogens is 1. The van der Waals surface area contributed by atoms with Gasteiger partial charge in [0.25, 0.3) is 5.24 Å². The van der Waals surface area contributed by atoms with Crippen molar-refractivity contribution in [1.82, 2.24) is 4.98 Å². The lowest BCUT2D eigenvalue weighted by Gasteiger charge is -2.18. The largest absolute Gasteiger partial charge is 0.486 e. The highest BCUT2D eigenvalue weighted by Gasteiger charge is 2.32. The molecule has 1 atom stereocenters.